The minimum Gasteiger partial charge on any atom is -0.478 e. The third-order valence-corrected chi connectivity index (χ3v) is 4.49. The van der Waals surface area contributed by atoms with E-state index in [4.69, 9.17) is 14.2 Å². The van der Waals surface area contributed by atoms with Crippen LogP contribution < -0.4 is 9.47 Å². The van der Waals surface area contributed by atoms with Crippen LogP contribution in [0.1, 0.15) is 21.5 Å². The highest BCUT2D eigenvalue weighted by atomic mass is 19.1. The van der Waals surface area contributed by atoms with Crippen LogP contribution in [0.4, 0.5) is 4.39 Å². The van der Waals surface area contributed by atoms with E-state index >= 15 is 0 Å². The van der Waals surface area contributed by atoms with E-state index in [1.54, 1.807) is 37.4 Å². The van der Waals surface area contributed by atoms with Gasteiger partial charge in [0.05, 0.1) is 17.7 Å². The van der Waals surface area contributed by atoms with Crippen LogP contribution in [-0.4, -0.2) is 37.7 Å². The average molecular weight is 355 g/mol. The van der Waals surface area contributed by atoms with Crippen molar-refractivity contribution >= 4 is 11.9 Å². The van der Waals surface area contributed by atoms with Crippen LogP contribution in [0.2, 0.25) is 0 Å². The van der Waals surface area contributed by atoms with Gasteiger partial charge < -0.3 is 14.2 Å². The number of carbonyl (C=O) groups is 1. The molecule has 134 valence electrons. The summed E-state index contributed by atoms with van der Waals surface area (Å²) in [5.74, 6) is 0.672. The first kappa shape index (κ1) is 16.8. The fourth-order valence-electron chi connectivity index (χ4n) is 3.10. The number of nitrogens with zero attached hydrogens (tertiary/aromatic N) is 1. The van der Waals surface area contributed by atoms with E-state index in [2.05, 4.69) is 4.90 Å². The number of halogens is 1. The minimum absolute atomic E-state index is 0.118. The van der Waals surface area contributed by atoms with Crippen LogP contribution in [0.5, 0.6) is 11.5 Å². The summed E-state index contributed by atoms with van der Waals surface area (Å²) in [5, 5.41) is 0. The number of ether oxygens (including phenoxy) is 3. The lowest BCUT2D eigenvalue weighted by atomic mass is 10.0. The zero-order valence-corrected chi connectivity index (χ0v) is 14.3. The van der Waals surface area contributed by atoms with Crippen molar-refractivity contribution in [1.82, 2.24) is 4.90 Å². The van der Waals surface area contributed by atoms with Crippen LogP contribution in [0, 0.1) is 5.82 Å². The lowest BCUT2D eigenvalue weighted by molar-refractivity contribution is 0.0646. The molecule has 0 unspecified atom stereocenters. The number of rotatable bonds is 4. The van der Waals surface area contributed by atoms with Gasteiger partial charge >= 0.3 is 0 Å². The Bertz CT molecular complexity index is 893. The number of hydrogen-bond donors (Lipinski definition) is 0. The van der Waals surface area contributed by atoms with Crippen molar-refractivity contribution in [3.8, 4) is 11.5 Å². The summed E-state index contributed by atoms with van der Waals surface area (Å²) in [6.45, 7) is 2.36. The molecule has 2 aliphatic rings. The monoisotopic (exact) mass is 355 g/mol. The topological polar surface area (TPSA) is 48.0 Å². The van der Waals surface area contributed by atoms with E-state index < -0.39 is 5.82 Å². The van der Waals surface area contributed by atoms with Gasteiger partial charge in [-0.15, -0.1) is 0 Å². The molecule has 2 aromatic rings. The summed E-state index contributed by atoms with van der Waals surface area (Å²) in [6, 6.07) is 9.76. The van der Waals surface area contributed by atoms with E-state index in [9.17, 15) is 9.18 Å². The number of allylic oxidation sites excluding steroid dienone is 1. The molecule has 0 amide bonds. The molecular formula is C20H18FNO4. The van der Waals surface area contributed by atoms with Crippen molar-refractivity contribution in [1.29, 1.82) is 0 Å². The third kappa shape index (κ3) is 2.98. The van der Waals surface area contributed by atoms with Crippen molar-refractivity contribution in [3.63, 3.8) is 0 Å². The van der Waals surface area contributed by atoms with Gasteiger partial charge in [-0.05, 0) is 24.3 Å². The number of ketones is 1. The van der Waals surface area contributed by atoms with Crippen molar-refractivity contribution in [2.45, 2.75) is 6.54 Å². The molecule has 2 heterocycles. The Morgan fingerprint density at radius 1 is 1.27 bits per heavy atom. The summed E-state index contributed by atoms with van der Waals surface area (Å²) < 4.78 is 30.6. The standard InChI is InChI=1S/C20H18FNO4/c1-24-9-8-22-11-15-17(25-12-22)7-6-14-19(23)18(26-20(14)15)10-13-4-2-3-5-16(13)21/h2-7,10H,8-9,11-12H2,1H3/b18-10-. The van der Waals surface area contributed by atoms with Gasteiger partial charge in [-0.2, -0.15) is 0 Å². The molecule has 0 saturated heterocycles. The van der Waals surface area contributed by atoms with Crippen LogP contribution in [-0.2, 0) is 11.3 Å². The van der Waals surface area contributed by atoms with Crippen molar-refractivity contribution < 1.29 is 23.4 Å². The molecule has 0 radical (unpaired) electrons. The number of Topliss-reactive ketones (excluding diaryl/α,β-unsaturated/α-hetero) is 1. The van der Waals surface area contributed by atoms with Gasteiger partial charge in [-0.3, -0.25) is 9.69 Å². The van der Waals surface area contributed by atoms with Crippen molar-refractivity contribution in [2.75, 3.05) is 27.0 Å². The third-order valence-electron chi connectivity index (χ3n) is 4.49. The zero-order chi connectivity index (χ0) is 18.1. The minimum atomic E-state index is -0.400. The smallest absolute Gasteiger partial charge is 0.231 e. The molecule has 6 heteroatoms. The van der Waals surface area contributed by atoms with Crippen LogP contribution >= 0.6 is 0 Å². The van der Waals surface area contributed by atoms with Crippen LogP contribution in [0.3, 0.4) is 0 Å². The molecule has 0 atom stereocenters. The predicted octanol–water partition coefficient (Wildman–Crippen LogP) is 3.24. The maximum atomic E-state index is 13.9. The summed E-state index contributed by atoms with van der Waals surface area (Å²) >= 11 is 0. The van der Waals surface area contributed by atoms with Crippen LogP contribution in [0.25, 0.3) is 6.08 Å². The van der Waals surface area contributed by atoms with Gasteiger partial charge in [-0.25, -0.2) is 4.39 Å². The van der Waals surface area contributed by atoms with Gasteiger partial charge in [0.25, 0.3) is 0 Å². The Labute approximate surface area is 150 Å². The SMILES string of the molecule is COCCN1COc2ccc3c(c2C1)O/C(=C\c1ccccc1F)C3=O. The van der Waals surface area contributed by atoms with Gasteiger partial charge in [0.15, 0.2) is 5.76 Å². The van der Waals surface area contributed by atoms with Crippen molar-refractivity contribution in [3.05, 3.63) is 64.7 Å². The Morgan fingerprint density at radius 2 is 2.12 bits per heavy atom. The molecule has 0 saturated carbocycles. The molecular weight excluding hydrogens is 337 g/mol. The van der Waals surface area contributed by atoms with Crippen molar-refractivity contribution in [2.24, 2.45) is 0 Å². The van der Waals surface area contributed by atoms with E-state index in [1.165, 1.54) is 12.1 Å². The fraction of sp³-hybridized carbons (Fsp3) is 0.250. The Morgan fingerprint density at radius 3 is 2.92 bits per heavy atom. The molecule has 2 aliphatic heterocycles. The molecule has 2 aromatic carbocycles. The second kappa shape index (κ2) is 6.90. The maximum absolute atomic E-state index is 13.9. The Hall–Kier alpha value is -2.70. The summed E-state index contributed by atoms with van der Waals surface area (Å²) in [6.07, 6.45) is 1.44. The first-order chi connectivity index (χ1) is 12.7. The molecule has 26 heavy (non-hydrogen) atoms. The van der Waals surface area contributed by atoms with Gasteiger partial charge in [0, 0.05) is 25.8 Å². The number of hydrogen-bond acceptors (Lipinski definition) is 5. The lowest BCUT2D eigenvalue weighted by Gasteiger charge is -2.29. The second-order valence-electron chi connectivity index (χ2n) is 6.20. The lowest BCUT2D eigenvalue weighted by Crippen LogP contribution is -2.34. The Kier molecular flexibility index (Phi) is 4.44. The number of carbonyl (C=O) groups excluding carboxylic acids is 1. The number of benzene rings is 2. The summed E-state index contributed by atoms with van der Waals surface area (Å²) in [4.78, 5) is 14.7. The first-order valence-electron chi connectivity index (χ1n) is 8.36. The second-order valence-corrected chi connectivity index (χ2v) is 6.20. The first-order valence-corrected chi connectivity index (χ1v) is 8.36. The average Bonchev–Trinajstić information content (AvgIpc) is 2.98. The molecule has 5 nitrogen and oxygen atoms in total. The predicted molar refractivity (Wildman–Crippen MR) is 93.6 cm³/mol. The number of methoxy groups -OCH3 is 1. The molecule has 0 aromatic heterocycles. The molecule has 0 fully saturated rings. The van der Waals surface area contributed by atoms with Gasteiger partial charge in [0.2, 0.25) is 5.78 Å². The fourth-order valence-corrected chi connectivity index (χ4v) is 3.10. The van der Waals surface area contributed by atoms with Gasteiger partial charge in [-0.1, -0.05) is 18.2 Å². The van der Waals surface area contributed by atoms with Gasteiger partial charge in [0.1, 0.15) is 24.0 Å². The largest absolute Gasteiger partial charge is 0.478 e. The highest BCUT2D eigenvalue weighted by molar-refractivity contribution is 6.15. The van der Waals surface area contributed by atoms with E-state index in [1.807, 2.05) is 0 Å². The van der Waals surface area contributed by atoms with Crippen LogP contribution in [0.15, 0.2) is 42.2 Å². The Balaban J connectivity index is 1.66. The normalized spacial score (nSPS) is 17.6. The zero-order valence-electron chi connectivity index (χ0n) is 14.3. The number of fused-ring (bicyclic) bond motifs is 3. The highest BCUT2D eigenvalue weighted by Gasteiger charge is 2.33. The quantitative estimate of drug-likeness (QED) is 0.788. The molecule has 4 rings (SSSR count). The van der Waals surface area contributed by atoms with E-state index in [0.717, 1.165) is 5.56 Å². The molecule has 0 bridgehead atoms. The van der Waals surface area contributed by atoms with E-state index in [-0.39, 0.29) is 11.5 Å². The highest BCUT2D eigenvalue weighted by Crippen LogP contribution is 2.42. The van der Waals surface area contributed by atoms with E-state index in [0.29, 0.717) is 49.1 Å². The molecule has 0 spiro atoms. The molecule has 0 N–H and O–H groups in total. The summed E-state index contributed by atoms with van der Waals surface area (Å²) in [7, 11) is 1.65. The summed E-state index contributed by atoms with van der Waals surface area (Å²) in [5.41, 5.74) is 1.62. The molecule has 0 aliphatic carbocycles. The maximum Gasteiger partial charge on any atom is 0.231 e.